The first-order valence-electron chi connectivity index (χ1n) is 6.65. The van der Waals surface area contributed by atoms with Crippen LogP contribution in [-0.2, 0) is 18.2 Å². The number of anilines is 1. The van der Waals surface area contributed by atoms with Gasteiger partial charge in [0.05, 0.1) is 11.5 Å². The molecule has 0 aromatic carbocycles. The van der Waals surface area contributed by atoms with Crippen molar-refractivity contribution in [3.8, 4) is 0 Å². The average Bonchev–Trinajstić information content (AvgIpc) is 2.74. The molecule has 0 spiro atoms. The Hall–Kier alpha value is -1.63. The second kappa shape index (κ2) is 6.01. The van der Waals surface area contributed by atoms with Gasteiger partial charge in [-0.2, -0.15) is 5.10 Å². The van der Waals surface area contributed by atoms with E-state index in [1.54, 1.807) is 11.7 Å². The van der Waals surface area contributed by atoms with E-state index >= 15 is 0 Å². The van der Waals surface area contributed by atoms with E-state index in [2.05, 4.69) is 10.4 Å². The summed E-state index contributed by atoms with van der Waals surface area (Å²) in [5.74, 6) is 0.903. The Morgan fingerprint density at radius 1 is 1.63 bits per heavy atom. The first-order valence-corrected chi connectivity index (χ1v) is 6.65. The Kier molecular flexibility index (Phi) is 4.36. The zero-order valence-corrected chi connectivity index (χ0v) is 11.4. The van der Waals surface area contributed by atoms with Crippen LogP contribution in [0.3, 0.4) is 0 Å². The van der Waals surface area contributed by atoms with Crippen LogP contribution in [0.2, 0.25) is 0 Å². The zero-order valence-electron chi connectivity index (χ0n) is 11.4. The lowest BCUT2D eigenvalue weighted by molar-refractivity contribution is -0.384. The van der Waals surface area contributed by atoms with Gasteiger partial charge in [0.1, 0.15) is 5.69 Å². The average molecular weight is 268 g/mol. The maximum atomic E-state index is 11.2. The molecule has 106 valence electrons. The standard InChI is InChI=1S/C12H20N4O3/c1-3-10-11(16(17)18)12(15(2)14-10)13-7-9-5-4-6-19-8-9/h9,13H,3-8H2,1-2H3. The molecule has 7 nitrogen and oxygen atoms in total. The maximum Gasteiger partial charge on any atom is 0.333 e. The third kappa shape index (κ3) is 3.04. The molecule has 2 heterocycles. The molecule has 19 heavy (non-hydrogen) atoms. The van der Waals surface area contributed by atoms with Crippen LogP contribution in [-0.4, -0.2) is 34.5 Å². The lowest BCUT2D eigenvalue weighted by Crippen LogP contribution is -2.25. The molecule has 0 amide bonds. The summed E-state index contributed by atoms with van der Waals surface area (Å²) in [6, 6.07) is 0. The summed E-state index contributed by atoms with van der Waals surface area (Å²) < 4.78 is 6.96. The molecule has 2 rings (SSSR count). The second-order valence-electron chi connectivity index (χ2n) is 4.84. The highest BCUT2D eigenvalue weighted by Crippen LogP contribution is 2.28. The minimum Gasteiger partial charge on any atom is -0.381 e. The summed E-state index contributed by atoms with van der Waals surface area (Å²) in [5.41, 5.74) is 0.622. The van der Waals surface area contributed by atoms with Crippen LogP contribution < -0.4 is 5.32 Å². The van der Waals surface area contributed by atoms with Crippen molar-refractivity contribution in [1.82, 2.24) is 9.78 Å². The van der Waals surface area contributed by atoms with Crippen molar-refractivity contribution in [3.05, 3.63) is 15.8 Å². The van der Waals surface area contributed by atoms with Gasteiger partial charge in [-0.25, -0.2) is 4.68 Å². The second-order valence-corrected chi connectivity index (χ2v) is 4.84. The summed E-state index contributed by atoms with van der Waals surface area (Å²) in [6.45, 7) is 4.10. The van der Waals surface area contributed by atoms with E-state index in [9.17, 15) is 10.1 Å². The highest BCUT2D eigenvalue weighted by atomic mass is 16.6. The van der Waals surface area contributed by atoms with Crippen LogP contribution >= 0.6 is 0 Å². The molecule has 1 saturated heterocycles. The topological polar surface area (TPSA) is 82.2 Å². The van der Waals surface area contributed by atoms with E-state index in [0.717, 1.165) is 26.1 Å². The van der Waals surface area contributed by atoms with Gasteiger partial charge in [0.2, 0.25) is 5.82 Å². The van der Waals surface area contributed by atoms with Gasteiger partial charge in [-0.05, 0) is 25.2 Å². The fourth-order valence-corrected chi connectivity index (χ4v) is 2.41. The molecule has 1 atom stereocenters. The van der Waals surface area contributed by atoms with Crippen molar-refractivity contribution < 1.29 is 9.66 Å². The van der Waals surface area contributed by atoms with Crippen LogP contribution in [0.25, 0.3) is 0 Å². The number of nitrogens with zero attached hydrogens (tertiary/aromatic N) is 3. The van der Waals surface area contributed by atoms with E-state index in [0.29, 0.717) is 30.4 Å². The predicted molar refractivity (Wildman–Crippen MR) is 71.3 cm³/mol. The number of nitrogens with one attached hydrogen (secondary N) is 1. The van der Waals surface area contributed by atoms with Crippen molar-refractivity contribution in [2.45, 2.75) is 26.2 Å². The third-order valence-electron chi connectivity index (χ3n) is 3.42. The van der Waals surface area contributed by atoms with Gasteiger partial charge >= 0.3 is 5.69 Å². The Bertz CT molecular complexity index is 452. The van der Waals surface area contributed by atoms with Crippen molar-refractivity contribution in [1.29, 1.82) is 0 Å². The molecule has 1 aromatic heterocycles. The molecule has 0 saturated carbocycles. The highest BCUT2D eigenvalue weighted by molar-refractivity contribution is 5.59. The van der Waals surface area contributed by atoms with Crippen LogP contribution in [0, 0.1) is 16.0 Å². The largest absolute Gasteiger partial charge is 0.381 e. The Balaban J connectivity index is 2.10. The molecule has 1 unspecified atom stereocenters. The number of rotatable bonds is 5. The van der Waals surface area contributed by atoms with Crippen molar-refractivity contribution in [2.24, 2.45) is 13.0 Å². The fourth-order valence-electron chi connectivity index (χ4n) is 2.41. The fraction of sp³-hybridized carbons (Fsp3) is 0.750. The van der Waals surface area contributed by atoms with Crippen LogP contribution in [0.1, 0.15) is 25.5 Å². The Morgan fingerprint density at radius 3 is 3.00 bits per heavy atom. The quantitative estimate of drug-likeness (QED) is 0.649. The molecule has 0 radical (unpaired) electrons. The van der Waals surface area contributed by atoms with E-state index in [-0.39, 0.29) is 10.6 Å². The van der Waals surface area contributed by atoms with E-state index in [4.69, 9.17) is 4.74 Å². The molecule has 1 fully saturated rings. The zero-order chi connectivity index (χ0) is 13.8. The normalized spacial score (nSPS) is 19.4. The summed E-state index contributed by atoms with van der Waals surface area (Å²) in [4.78, 5) is 10.8. The maximum absolute atomic E-state index is 11.2. The van der Waals surface area contributed by atoms with E-state index in [1.165, 1.54) is 0 Å². The van der Waals surface area contributed by atoms with Gasteiger partial charge in [0, 0.05) is 20.2 Å². The van der Waals surface area contributed by atoms with Gasteiger partial charge < -0.3 is 10.1 Å². The number of aryl methyl sites for hydroxylation is 2. The first-order chi connectivity index (χ1) is 9.13. The monoisotopic (exact) mass is 268 g/mol. The smallest absolute Gasteiger partial charge is 0.333 e. The van der Waals surface area contributed by atoms with Gasteiger partial charge in [-0.15, -0.1) is 0 Å². The molecule has 7 heteroatoms. The summed E-state index contributed by atoms with van der Waals surface area (Å²) >= 11 is 0. The molecule has 0 bridgehead atoms. The summed E-state index contributed by atoms with van der Waals surface area (Å²) in [5, 5.41) is 18.5. The lowest BCUT2D eigenvalue weighted by Gasteiger charge is -2.22. The first kappa shape index (κ1) is 13.8. The van der Waals surface area contributed by atoms with Gasteiger partial charge in [0.25, 0.3) is 0 Å². The summed E-state index contributed by atoms with van der Waals surface area (Å²) in [7, 11) is 1.73. The molecule has 1 aliphatic rings. The highest BCUT2D eigenvalue weighted by Gasteiger charge is 2.26. The Morgan fingerprint density at radius 2 is 2.42 bits per heavy atom. The predicted octanol–water partition coefficient (Wildman–Crippen LogP) is 1.73. The number of hydrogen-bond donors (Lipinski definition) is 1. The Labute approximate surface area is 112 Å². The van der Waals surface area contributed by atoms with Crippen molar-refractivity contribution in [3.63, 3.8) is 0 Å². The van der Waals surface area contributed by atoms with Crippen LogP contribution in [0.4, 0.5) is 11.5 Å². The minimum atomic E-state index is -0.356. The number of nitro groups is 1. The van der Waals surface area contributed by atoms with Gasteiger partial charge in [-0.1, -0.05) is 6.92 Å². The van der Waals surface area contributed by atoms with Gasteiger partial charge in [-0.3, -0.25) is 10.1 Å². The lowest BCUT2D eigenvalue weighted by atomic mass is 10.0. The SMILES string of the molecule is CCc1nn(C)c(NCC2CCCOC2)c1[N+](=O)[O-]. The molecular formula is C12H20N4O3. The van der Waals surface area contributed by atoms with E-state index in [1.807, 2.05) is 6.92 Å². The molecular weight excluding hydrogens is 248 g/mol. The van der Waals surface area contributed by atoms with Crippen LogP contribution in [0.15, 0.2) is 0 Å². The molecule has 1 aliphatic heterocycles. The van der Waals surface area contributed by atoms with E-state index < -0.39 is 0 Å². The van der Waals surface area contributed by atoms with Crippen LogP contribution in [0.5, 0.6) is 0 Å². The number of aromatic nitrogens is 2. The number of hydrogen-bond acceptors (Lipinski definition) is 5. The number of ether oxygens (including phenoxy) is 1. The molecule has 1 N–H and O–H groups in total. The molecule has 0 aliphatic carbocycles. The minimum absolute atomic E-state index is 0.0988. The third-order valence-corrected chi connectivity index (χ3v) is 3.42. The molecule has 1 aromatic rings. The van der Waals surface area contributed by atoms with Gasteiger partial charge in [0.15, 0.2) is 0 Å². The van der Waals surface area contributed by atoms with Crippen molar-refractivity contribution >= 4 is 11.5 Å². The summed E-state index contributed by atoms with van der Waals surface area (Å²) in [6.07, 6.45) is 2.71. The van der Waals surface area contributed by atoms with Crippen molar-refractivity contribution in [2.75, 3.05) is 25.1 Å².